The quantitative estimate of drug-likeness (QED) is 0.741. The smallest absolute Gasteiger partial charge is 0.110 e. The highest BCUT2D eigenvalue weighted by Crippen LogP contribution is 2.22. The van der Waals surface area contributed by atoms with Gasteiger partial charge in [-0.2, -0.15) is 0 Å². The van der Waals surface area contributed by atoms with E-state index in [9.17, 15) is 0 Å². The van der Waals surface area contributed by atoms with Crippen LogP contribution in [0.2, 0.25) is 0 Å². The van der Waals surface area contributed by atoms with Crippen LogP contribution in [0.25, 0.3) is 10.9 Å². The van der Waals surface area contributed by atoms with Crippen LogP contribution < -0.4 is 0 Å². The number of hydrogen-bond acceptors (Lipinski definition) is 1. The Kier molecular flexibility index (Phi) is 3.06. The Balaban J connectivity index is 2.52. The van der Waals surface area contributed by atoms with Crippen LogP contribution >= 0.6 is 15.9 Å². The molecule has 2 heteroatoms. The largest absolute Gasteiger partial charge is 0.241 e. The number of pyridine rings is 1. The van der Waals surface area contributed by atoms with Crippen LogP contribution in [-0.4, -0.2) is 4.98 Å². The number of fused-ring (bicyclic) bond motifs is 1. The lowest BCUT2D eigenvalue weighted by Gasteiger charge is -2.08. The molecular weight excluding hydrogens is 250 g/mol. The third kappa shape index (κ3) is 2.37. The van der Waals surface area contributed by atoms with Crippen molar-refractivity contribution in [3.05, 3.63) is 40.5 Å². The molecule has 0 bridgehead atoms. The molecule has 0 aliphatic rings. The number of benzene rings is 1. The normalized spacial score (nSPS) is 11.2. The number of para-hydroxylation sites is 1. The fraction of sp³-hybridized carbons (Fsp3) is 0.308. The van der Waals surface area contributed by atoms with Gasteiger partial charge < -0.3 is 0 Å². The van der Waals surface area contributed by atoms with Gasteiger partial charge in [0.25, 0.3) is 0 Å². The molecule has 78 valence electrons. The van der Waals surface area contributed by atoms with E-state index in [1.165, 1.54) is 10.9 Å². The zero-order valence-electron chi connectivity index (χ0n) is 9.00. The van der Waals surface area contributed by atoms with Gasteiger partial charge in [-0.25, -0.2) is 4.98 Å². The van der Waals surface area contributed by atoms with Gasteiger partial charge in [-0.05, 0) is 46.0 Å². The number of halogens is 1. The Morgan fingerprint density at radius 3 is 2.73 bits per heavy atom. The van der Waals surface area contributed by atoms with Crippen molar-refractivity contribution < 1.29 is 0 Å². The fourth-order valence-corrected chi connectivity index (χ4v) is 2.19. The van der Waals surface area contributed by atoms with Gasteiger partial charge in [0.05, 0.1) is 5.52 Å². The zero-order chi connectivity index (χ0) is 10.8. The maximum absolute atomic E-state index is 4.55. The van der Waals surface area contributed by atoms with Crippen molar-refractivity contribution in [2.45, 2.75) is 20.3 Å². The molecule has 1 heterocycles. The van der Waals surface area contributed by atoms with Crippen molar-refractivity contribution in [3.8, 4) is 0 Å². The minimum Gasteiger partial charge on any atom is -0.241 e. The summed E-state index contributed by atoms with van der Waals surface area (Å²) >= 11 is 3.53. The Morgan fingerprint density at radius 1 is 1.27 bits per heavy atom. The second kappa shape index (κ2) is 4.31. The molecule has 2 aromatic rings. The Bertz CT molecular complexity index is 477. The molecule has 0 fully saturated rings. The lowest BCUT2D eigenvalue weighted by atomic mass is 10.0. The second-order valence-corrected chi connectivity index (χ2v) is 4.98. The molecule has 0 unspecified atom stereocenters. The van der Waals surface area contributed by atoms with E-state index in [1.54, 1.807) is 0 Å². The molecule has 0 amide bonds. The number of aromatic nitrogens is 1. The van der Waals surface area contributed by atoms with Crippen molar-refractivity contribution >= 4 is 26.8 Å². The summed E-state index contributed by atoms with van der Waals surface area (Å²) in [5.74, 6) is 0.657. The van der Waals surface area contributed by atoms with Crippen LogP contribution in [0.15, 0.2) is 34.9 Å². The van der Waals surface area contributed by atoms with Crippen LogP contribution in [0.5, 0.6) is 0 Å². The first kappa shape index (κ1) is 10.6. The number of rotatable bonds is 2. The van der Waals surface area contributed by atoms with E-state index in [0.717, 1.165) is 16.5 Å². The van der Waals surface area contributed by atoms with Gasteiger partial charge in [0.1, 0.15) is 4.60 Å². The molecule has 1 nitrogen and oxygen atoms in total. The van der Waals surface area contributed by atoms with E-state index in [2.05, 4.69) is 53.0 Å². The van der Waals surface area contributed by atoms with E-state index < -0.39 is 0 Å². The first-order valence-electron chi connectivity index (χ1n) is 5.21. The zero-order valence-corrected chi connectivity index (χ0v) is 10.6. The van der Waals surface area contributed by atoms with Crippen molar-refractivity contribution in [2.24, 2.45) is 5.92 Å². The average Bonchev–Trinajstić information content (AvgIpc) is 2.18. The van der Waals surface area contributed by atoms with E-state index >= 15 is 0 Å². The summed E-state index contributed by atoms with van der Waals surface area (Å²) in [5, 5.41) is 1.22. The highest BCUT2D eigenvalue weighted by atomic mass is 79.9. The summed E-state index contributed by atoms with van der Waals surface area (Å²) in [4.78, 5) is 4.55. The van der Waals surface area contributed by atoms with Crippen LogP contribution in [0.3, 0.4) is 0 Å². The Labute approximate surface area is 98.7 Å². The predicted molar refractivity (Wildman–Crippen MR) is 68.0 cm³/mol. The van der Waals surface area contributed by atoms with E-state index in [1.807, 2.05) is 12.1 Å². The molecule has 0 aliphatic carbocycles. The van der Waals surface area contributed by atoms with Gasteiger partial charge in [-0.3, -0.25) is 0 Å². The molecule has 0 saturated carbocycles. The van der Waals surface area contributed by atoms with E-state index in [0.29, 0.717) is 5.92 Å². The average molecular weight is 264 g/mol. The van der Waals surface area contributed by atoms with Crippen molar-refractivity contribution in [3.63, 3.8) is 0 Å². The third-order valence-electron chi connectivity index (χ3n) is 2.38. The number of hydrogen-bond donors (Lipinski definition) is 0. The topological polar surface area (TPSA) is 12.9 Å². The van der Waals surface area contributed by atoms with Crippen LogP contribution in [0, 0.1) is 5.92 Å². The second-order valence-electron chi connectivity index (χ2n) is 4.23. The van der Waals surface area contributed by atoms with Crippen molar-refractivity contribution in [1.82, 2.24) is 4.98 Å². The standard InChI is InChI=1S/C13H14BrN/c1-9(2)7-11-8-10-5-3-4-6-12(10)15-13(11)14/h3-6,8-9H,7H2,1-2H3. The summed E-state index contributed by atoms with van der Waals surface area (Å²) in [7, 11) is 0. The molecule has 1 aromatic heterocycles. The SMILES string of the molecule is CC(C)Cc1cc2ccccc2nc1Br. The summed E-state index contributed by atoms with van der Waals surface area (Å²) in [6, 6.07) is 10.4. The molecule has 0 N–H and O–H groups in total. The highest BCUT2D eigenvalue weighted by Gasteiger charge is 2.05. The maximum Gasteiger partial charge on any atom is 0.110 e. The monoisotopic (exact) mass is 263 g/mol. The molecule has 0 spiro atoms. The van der Waals surface area contributed by atoms with Gasteiger partial charge >= 0.3 is 0 Å². The lowest BCUT2D eigenvalue weighted by Crippen LogP contribution is -1.97. The molecular formula is C13H14BrN. The van der Waals surface area contributed by atoms with E-state index in [4.69, 9.17) is 0 Å². The Morgan fingerprint density at radius 2 is 2.00 bits per heavy atom. The van der Waals surface area contributed by atoms with Gasteiger partial charge in [-0.1, -0.05) is 32.0 Å². The third-order valence-corrected chi connectivity index (χ3v) is 3.06. The predicted octanol–water partition coefficient (Wildman–Crippen LogP) is 4.20. The van der Waals surface area contributed by atoms with Gasteiger partial charge in [0.2, 0.25) is 0 Å². The fourth-order valence-electron chi connectivity index (χ4n) is 1.72. The molecule has 0 atom stereocenters. The summed E-state index contributed by atoms with van der Waals surface area (Å²) in [6.07, 6.45) is 1.07. The van der Waals surface area contributed by atoms with Crippen molar-refractivity contribution in [2.75, 3.05) is 0 Å². The summed E-state index contributed by atoms with van der Waals surface area (Å²) < 4.78 is 0.981. The van der Waals surface area contributed by atoms with Crippen molar-refractivity contribution in [1.29, 1.82) is 0 Å². The van der Waals surface area contributed by atoms with E-state index in [-0.39, 0.29) is 0 Å². The minimum absolute atomic E-state index is 0.657. The minimum atomic E-state index is 0.657. The molecule has 0 aliphatic heterocycles. The molecule has 0 saturated heterocycles. The van der Waals surface area contributed by atoms with Crippen LogP contribution in [-0.2, 0) is 6.42 Å². The van der Waals surface area contributed by atoms with Crippen LogP contribution in [0.4, 0.5) is 0 Å². The highest BCUT2D eigenvalue weighted by molar-refractivity contribution is 9.10. The van der Waals surface area contributed by atoms with Gasteiger partial charge in [-0.15, -0.1) is 0 Å². The first-order chi connectivity index (χ1) is 7.16. The Hall–Kier alpha value is -0.890. The number of nitrogens with zero attached hydrogens (tertiary/aromatic N) is 1. The maximum atomic E-state index is 4.55. The first-order valence-corrected chi connectivity index (χ1v) is 6.00. The van der Waals surface area contributed by atoms with Gasteiger partial charge in [0, 0.05) is 5.39 Å². The summed E-state index contributed by atoms with van der Waals surface area (Å²) in [5.41, 5.74) is 2.35. The molecule has 0 radical (unpaired) electrons. The molecule has 1 aromatic carbocycles. The lowest BCUT2D eigenvalue weighted by molar-refractivity contribution is 0.644. The summed E-state index contributed by atoms with van der Waals surface area (Å²) in [6.45, 7) is 4.45. The molecule has 2 rings (SSSR count). The molecule has 15 heavy (non-hydrogen) atoms. The van der Waals surface area contributed by atoms with Gasteiger partial charge in [0.15, 0.2) is 0 Å². The van der Waals surface area contributed by atoms with Crippen LogP contribution in [0.1, 0.15) is 19.4 Å².